The number of aromatic nitrogens is 2. The van der Waals surface area contributed by atoms with Crippen molar-refractivity contribution in [1.82, 2.24) is 20.6 Å². The summed E-state index contributed by atoms with van der Waals surface area (Å²) in [4.78, 5) is 22.3. The molecule has 2 aliphatic heterocycles. The van der Waals surface area contributed by atoms with E-state index >= 15 is 0 Å². The fourth-order valence-electron chi connectivity index (χ4n) is 4.07. The Morgan fingerprint density at radius 3 is 2.71 bits per heavy atom. The lowest BCUT2D eigenvalue weighted by molar-refractivity contribution is -0.0493. The first-order valence-corrected chi connectivity index (χ1v) is 11.0. The molecule has 4 N–H and O–H groups in total. The molecule has 0 atom stereocenters. The Labute approximate surface area is 198 Å². The third-order valence-electron chi connectivity index (χ3n) is 5.72. The minimum Gasteiger partial charge on any atom is -0.433 e. The number of nitrogens with zero attached hydrogens (tertiary/aromatic N) is 3. The van der Waals surface area contributed by atoms with Crippen molar-refractivity contribution < 1.29 is 22.7 Å². The molecule has 5 rings (SSSR count). The lowest BCUT2D eigenvalue weighted by Crippen LogP contribution is -2.43. The minimum absolute atomic E-state index is 0.0417. The van der Waals surface area contributed by atoms with Gasteiger partial charge in [-0.1, -0.05) is 12.1 Å². The number of ether oxygens (including phenoxy) is 1. The number of fused-ring (bicyclic) bond motifs is 1. The van der Waals surface area contributed by atoms with E-state index in [-0.39, 0.29) is 29.1 Å². The highest BCUT2D eigenvalue weighted by atomic mass is 19.3. The highest BCUT2D eigenvalue weighted by molar-refractivity contribution is 6.04. The van der Waals surface area contributed by atoms with Crippen LogP contribution in [0, 0.1) is 5.82 Å². The van der Waals surface area contributed by atoms with Crippen molar-refractivity contribution in [2.24, 2.45) is 0 Å². The summed E-state index contributed by atoms with van der Waals surface area (Å²) in [6.45, 7) is 0.398. The van der Waals surface area contributed by atoms with E-state index in [1.165, 1.54) is 6.07 Å². The number of amides is 1. The number of hydrogen-bond acceptors (Lipinski definition) is 8. The van der Waals surface area contributed by atoms with E-state index in [4.69, 9.17) is 4.74 Å². The molecule has 0 spiro atoms. The van der Waals surface area contributed by atoms with E-state index in [2.05, 4.69) is 36.1 Å². The van der Waals surface area contributed by atoms with Crippen molar-refractivity contribution in [2.45, 2.75) is 13.2 Å². The fourth-order valence-corrected chi connectivity index (χ4v) is 4.07. The Kier molecular flexibility index (Phi) is 6.27. The molecule has 182 valence electrons. The topological polar surface area (TPSA) is 103 Å². The number of carbonyl (C=O) groups is 1. The van der Waals surface area contributed by atoms with E-state index in [1.807, 2.05) is 0 Å². The number of alkyl halides is 2. The number of piperazine rings is 1. The highest BCUT2D eigenvalue weighted by Gasteiger charge is 2.23. The van der Waals surface area contributed by atoms with E-state index in [9.17, 15) is 18.0 Å². The number of rotatable bonds is 7. The molecule has 0 aliphatic carbocycles. The molecule has 1 aromatic heterocycles. The van der Waals surface area contributed by atoms with Crippen LogP contribution in [-0.4, -0.2) is 48.7 Å². The molecule has 12 heteroatoms. The third kappa shape index (κ3) is 4.92. The SMILES string of the molecule is O=C1NCc2cccc(Nc3nc(Nc4ccc(N5CCNCC5)cc4OC(F)F)ncc3F)c21. The molecular formula is C23H22F3N7O2. The lowest BCUT2D eigenvalue weighted by Gasteiger charge is -2.30. The Bertz CT molecular complexity index is 1250. The fraction of sp³-hybridized carbons (Fsp3) is 0.261. The first kappa shape index (κ1) is 22.7. The van der Waals surface area contributed by atoms with Crippen LogP contribution in [0.5, 0.6) is 5.75 Å². The van der Waals surface area contributed by atoms with Gasteiger partial charge in [-0.15, -0.1) is 0 Å². The van der Waals surface area contributed by atoms with E-state index < -0.39 is 12.4 Å². The van der Waals surface area contributed by atoms with Gasteiger partial charge in [0, 0.05) is 44.5 Å². The van der Waals surface area contributed by atoms with Gasteiger partial charge in [0.25, 0.3) is 5.91 Å². The van der Waals surface area contributed by atoms with Crippen LogP contribution in [0.1, 0.15) is 15.9 Å². The Balaban J connectivity index is 1.41. The molecule has 3 aromatic rings. The number of anilines is 5. The average molecular weight is 485 g/mol. The molecular weight excluding hydrogens is 463 g/mol. The van der Waals surface area contributed by atoms with Crippen LogP contribution >= 0.6 is 0 Å². The summed E-state index contributed by atoms with van der Waals surface area (Å²) in [6.07, 6.45) is 0.948. The van der Waals surface area contributed by atoms with Crippen molar-refractivity contribution in [2.75, 3.05) is 41.7 Å². The van der Waals surface area contributed by atoms with Crippen molar-refractivity contribution in [3.8, 4) is 5.75 Å². The van der Waals surface area contributed by atoms with E-state index in [0.29, 0.717) is 17.8 Å². The maximum absolute atomic E-state index is 14.5. The summed E-state index contributed by atoms with van der Waals surface area (Å²) in [5, 5.41) is 11.6. The van der Waals surface area contributed by atoms with Crippen molar-refractivity contribution in [1.29, 1.82) is 0 Å². The smallest absolute Gasteiger partial charge is 0.387 e. The van der Waals surface area contributed by atoms with Gasteiger partial charge in [-0.25, -0.2) is 9.37 Å². The quantitative estimate of drug-likeness (QED) is 0.404. The van der Waals surface area contributed by atoms with Gasteiger partial charge < -0.3 is 30.9 Å². The Morgan fingerprint density at radius 2 is 1.91 bits per heavy atom. The number of hydrogen-bond donors (Lipinski definition) is 4. The van der Waals surface area contributed by atoms with Crippen LogP contribution in [0.15, 0.2) is 42.6 Å². The van der Waals surface area contributed by atoms with Crippen LogP contribution in [-0.2, 0) is 6.54 Å². The summed E-state index contributed by atoms with van der Waals surface area (Å²) in [7, 11) is 0. The standard InChI is InChI=1S/C23H22F3N7O2/c24-15-12-29-23(32-20(15)30-17-3-1-2-13-11-28-21(34)19(13)17)31-16-5-4-14(10-18(16)35-22(25)26)33-8-6-27-7-9-33/h1-5,10,12,22,27H,6-9,11H2,(H,28,34)(H2,29,30,31,32). The monoisotopic (exact) mass is 485 g/mol. The van der Waals surface area contributed by atoms with Gasteiger partial charge in [0.05, 0.1) is 23.1 Å². The van der Waals surface area contributed by atoms with Gasteiger partial charge in [-0.05, 0) is 23.8 Å². The number of carbonyl (C=O) groups excluding carboxylic acids is 1. The van der Waals surface area contributed by atoms with E-state index in [0.717, 1.165) is 43.6 Å². The highest BCUT2D eigenvalue weighted by Crippen LogP contribution is 2.34. The normalized spacial score (nSPS) is 15.1. The Hall–Kier alpha value is -4.06. The lowest BCUT2D eigenvalue weighted by atomic mass is 10.1. The van der Waals surface area contributed by atoms with Crippen LogP contribution in [0.2, 0.25) is 0 Å². The summed E-state index contributed by atoms with van der Waals surface area (Å²) < 4.78 is 45.5. The molecule has 0 bridgehead atoms. The second kappa shape index (κ2) is 9.66. The molecule has 1 amide bonds. The summed E-state index contributed by atoms with van der Waals surface area (Å²) in [6, 6.07) is 10.1. The maximum Gasteiger partial charge on any atom is 0.387 e. The molecule has 1 fully saturated rings. The molecule has 35 heavy (non-hydrogen) atoms. The van der Waals surface area contributed by atoms with Crippen LogP contribution < -0.4 is 30.9 Å². The van der Waals surface area contributed by atoms with Gasteiger partial charge in [0.2, 0.25) is 5.95 Å². The second-order valence-electron chi connectivity index (χ2n) is 7.96. The zero-order valence-electron chi connectivity index (χ0n) is 18.4. The molecule has 0 radical (unpaired) electrons. The molecule has 1 saturated heterocycles. The van der Waals surface area contributed by atoms with Crippen LogP contribution in [0.4, 0.5) is 42.0 Å². The molecule has 0 saturated carbocycles. The predicted molar refractivity (Wildman–Crippen MR) is 124 cm³/mol. The largest absolute Gasteiger partial charge is 0.433 e. The van der Waals surface area contributed by atoms with Crippen LogP contribution in [0.25, 0.3) is 0 Å². The molecule has 0 unspecified atom stereocenters. The maximum atomic E-state index is 14.5. The van der Waals surface area contributed by atoms with Crippen molar-refractivity contribution >= 4 is 34.7 Å². The van der Waals surface area contributed by atoms with Crippen LogP contribution in [0.3, 0.4) is 0 Å². The van der Waals surface area contributed by atoms with Gasteiger partial charge in [-0.3, -0.25) is 4.79 Å². The Morgan fingerprint density at radius 1 is 1.09 bits per heavy atom. The molecule has 2 aromatic carbocycles. The van der Waals surface area contributed by atoms with Gasteiger partial charge in [0.1, 0.15) is 0 Å². The zero-order valence-corrected chi connectivity index (χ0v) is 18.4. The number of halogens is 3. The third-order valence-corrected chi connectivity index (χ3v) is 5.72. The van der Waals surface area contributed by atoms with Crippen molar-refractivity contribution in [3.05, 3.63) is 59.5 Å². The molecule has 3 heterocycles. The first-order chi connectivity index (χ1) is 17.0. The minimum atomic E-state index is -3.04. The van der Waals surface area contributed by atoms with Gasteiger partial charge in [0.15, 0.2) is 17.4 Å². The summed E-state index contributed by atoms with van der Waals surface area (Å²) in [5.41, 5.74) is 2.53. The van der Waals surface area contributed by atoms with Crippen molar-refractivity contribution in [3.63, 3.8) is 0 Å². The molecule has 2 aliphatic rings. The summed E-state index contributed by atoms with van der Waals surface area (Å²) in [5.74, 6) is -1.32. The van der Waals surface area contributed by atoms with E-state index in [1.54, 1.807) is 30.3 Å². The second-order valence-corrected chi connectivity index (χ2v) is 7.96. The van der Waals surface area contributed by atoms with Gasteiger partial charge >= 0.3 is 6.61 Å². The zero-order chi connectivity index (χ0) is 24.4. The van der Waals surface area contributed by atoms with Gasteiger partial charge in [-0.2, -0.15) is 13.8 Å². The average Bonchev–Trinajstić information content (AvgIpc) is 3.24. The number of nitrogens with one attached hydrogen (secondary N) is 4. The molecule has 9 nitrogen and oxygen atoms in total. The first-order valence-electron chi connectivity index (χ1n) is 11.0. The summed E-state index contributed by atoms with van der Waals surface area (Å²) >= 11 is 0. The number of benzene rings is 2. The predicted octanol–water partition coefficient (Wildman–Crippen LogP) is 3.36.